The SMILES string of the molecule is C=C[C@H]1CN2CC[C@H]1C[C@@H]2[C@@H](OC(=O)COCc1ccccc1)c1ccnc2ccccc12. The maximum atomic E-state index is 12.9. The maximum absolute atomic E-state index is 12.9. The molecule has 0 radical (unpaired) electrons. The number of pyridine rings is 1. The number of esters is 1. The molecule has 0 amide bonds. The molecule has 0 aliphatic carbocycles. The molecule has 0 saturated carbocycles. The second kappa shape index (κ2) is 9.86. The summed E-state index contributed by atoms with van der Waals surface area (Å²) in [5.74, 6) is 0.760. The molecule has 1 aromatic heterocycles. The highest BCUT2D eigenvalue weighted by molar-refractivity contribution is 5.83. The van der Waals surface area contributed by atoms with Crippen LogP contribution in [0.2, 0.25) is 0 Å². The van der Waals surface area contributed by atoms with E-state index in [0.29, 0.717) is 18.4 Å². The average molecular weight is 443 g/mol. The summed E-state index contributed by atoms with van der Waals surface area (Å²) in [6.45, 7) is 6.36. The first-order valence-electron chi connectivity index (χ1n) is 11.7. The van der Waals surface area contributed by atoms with Crippen LogP contribution >= 0.6 is 0 Å². The molecular formula is C28H30N2O3. The second-order valence-corrected chi connectivity index (χ2v) is 9.05. The van der Waals surface area contributed by atoms with Crippen LogP contribution in [0.5, 0.6) is 0 Å². The van der Waals surface area contributed by atoms with Crippen molar-refractivity contribution in [2.75, 3.05) is 19.7 Å². The lowest BCUT2D eigenvalue weighted by atomic mass is 9.73. The van der Waals surface area contributed by atoms with E-state index in [1.54, 1.807) is 0 Å². The normalized spacial score (nSPS) is 25.0. The van der Waals surface area contributed by atoms with Crippen molar-refractivity contribution in [3.05, 3.63) is 90.6 Å². The summed E-state index contributed by atoms with van der Waals surface area (Å²) >= 11 is 0. The summed E-state index contributed by atoms with van der Waals surface area (Å²) in [5.41, 5.74) is 2.97. The van der Waals surface area contributed by atoms with Crippen molar-refractivity contribution in [2.24, 2.45) is 11.8 Å². The van der Waals surface area contributed by atoms with Gasteiger partial charge in [-0.1, -0.05) is 54.6 Å². The van der Waals surface area contributed by atoms with Gasteiger partial charge < -0.3 is 9.47 Å². The van der Waals surface area contributed by atoms with E-state index in [9.17, 15) is 4.79 Å². The van der Waals surface area contributed by atoms with E-state index in [2.05, 4.69) is 28.6 Å². The van der Waals surface area contributed by atoms with Gasteiger partial charge in [-0.3, -0.25) is 9.88 Å². The summed E-state index contributed by atoms with van der Waals surface area (Å²) in [6.07, 6.45) is 5.71. The molecule has 0 spiro atoms. The van der Waals surface area contributed by atoms with E-state index < -0.39 is 0 Å². The predicted octanol–water partition coefficient (Wildman–Crippen LogP) is 4.93. The van der Waals surface area contributed by atoms with E-state index >= 15 is 0 Å². The van der Waals surface area contributed by atoms with Crippen LogP contribution in [0.4, 0.5) is 0 Å². The summed E-state index contributed by atoms with van der Waals surface area (Å²) in [6, 6.07) is 20.1. The van der Waals surface area contributed by atoms with Crippen LogP contribution in [0.15, 0.2) is 79.5 Å². The number of hydrogen-bond acceptors (Lipinski definition) is 5. The van der Waals surface area contributed by atoms with Gasteiger partial charge in [-0.05, 0) is 48.9 Å². The molecule has 5 nitrogen and oxygen atoms in total. The second-order valence-electron chi connectivity index (χ2n) is 9.05. The molecule has 1 unspecified atom stereocenters. The van der Waals surface area contributed by atoms with Crippen molar-refractivity contribution in [3.63, 3.8) is 0 Å². The molecule has 3 saturated heterocycles. The fourth-order valence-electron chi connectivity index (χ4n) is 5.41. The van der Waals surface area contributed by atoms with Crippen LogP contribution in [-0.2, 0) is 20.9 Å². The Balaban J connectivity index is 1.37. The highest BCUT2D eigenvalue weighted by Crippen LogP contribution is 2.43. The molecule has 33 heavy (non-hydrogen) atoms. The number of rotatable bonds is 8. The van der Waals surface area contributed by atoms with Crippen molar-refractivity contribution in [1.82, 2.24) is 9.88 Å². The van der Waals surface area contributed by atoms with Crippen molar-refractivity contribution in [3.8, 4) is 0 Å². The Labute approximate surface area is 195 Å². The Morgan fingerprint density at radius 3 is 2.76 bits per heavy atom. The number of carbonyl (C=O) groups is 1. The lowest BCUT2D eigenvalue weighted by Gasteiger charge is -2.51. The van der Waals surface area contributed by atoms with Crippen LogP contribution in [0.3, 0.4) is 0 Å². The molecular weight excluding hydrogens is 412 g/mol. The molecule has 3 aliphatic rings. The summed E-state index contributed by atoms with van der Waals surface area (Å²) in [4.78, 5) is 19.9. The topological polar surface area (TPSA) is 51.7 Å². The lowest BCUT2D eigenvalue weighted by molar-refractivity contribution is -0.162. The molecule has 5 atom stereocenters. The molecule has 3 aliphatic heterocycles. The zero-order chi connectivity index (χ0) is 22.6. The average Bonchev–Trinajstić information content (AvgIpc) is 2.88. The van der Waals surface area contributed by atoms with E-state index in [1.807, 2.05) is 60.8 Å². The Morgan fingerprint density at radius 2 is 1.97 bits per heavy atom. The van der Waals surface area contributed by atoms with Gasteiger partial charge in [-0.2, -0.15) is 0 Å². The van der Waals surface area contributed by atoms with Crippen LogP contribution in [0, 0.1) is 11.8 Å². The summed E-state index contributed by atoms with van der Waals surface area (Å²) in [5, 5.41) is 1.03. The lowest BCUT2D eigenvalue weighted by Crippen LogP contribution is -2.55. The van der Waals surface area contributed by atoms with Gasteiger partial charge >= 0.3 is 5.97 Å². The van der Waals surface area contributed by atoms with Gasteiger partial charge in [0.05, 0.1) is 18.2 Å². The molecule has 170 valence electrons. The molecule has 3 aromatic rings. The van der Waals surface area contributed by atoms with Gasteiger partial charge in [0.25, 0.3) is 0 Å². The number of ether oxygens (including phenoxy) is 2. The van der Waals surface area contributed by atoms with Crippen LogP contribution in [0.25, 0.3) is 10.9 Å². The van der Waals surface area contributed by atoms with Crippen molar-refractivity contribution < 1.29 is 14.3 Å². The number of aromatic nitrogens is 1. The monoisotopic (exact) mass is 442 g/mol. The van der Waals surface area contributed by atoms with Gasteiger partial charge in [0, 0.05) is 23.7 Å². The zero-order valence-corrected chi connectivity index (χ0v) is 18.8. The minimum absolute atomic E-state index is 0.0696. The van der Waals surface area contributed by atoms with Gasteiger partial charge in [-0.25, -0.2) is 4.79 Å². The van der Waals surface area contributed by atoms with E-state index in [1.165, 1.54) is 6.42 Å². The molecule has 2 aromatic carbocycles. The summed E-state index contributed by atoms with van der Waals surface area (Å²) in [7, 11) is 0. The quantitative estimate of drug-likeness (QED) is 0.366. The largest absolute Gasteiger partial charge is 0.454 e. The molecule has 2 bridgehead atoms. The van der Waals surface area contributed by atoms with E-state index in [0.717, 1.165) is 41.5 Å². The number of fused-ring (bicyclic) bond motifs is 4. The van der Waals surface area contributed by atoms with Crippen LogP contribution < -0.4 is 0 Å². The number of para-hydroxylation sites is 1. The van der Waals surface area contributed by atoms with Gasteiger partial charge in [0.2, 0.25) is 0 Å². The van der Waals surface area contributed by atoms with Crippen molar-refractivity contribution >= 4 is 16.9 Å². The fourth-order valence-corrected chi connectivity index (χ4v) is 5.41. The smallest absolute Gasteiger partial charge is 0.332 e. The first-order valence-corrected chi connectivity index (χ1v) is 11.7. The first-order chi connectivity index (χ1) is 16.2. The highest BCUT2D eigenvalue weighted by atomic mass is 16.6. The molecule has 3 fully saturated rings. The predicted molar refractivity (Wildman–Crippen MR) is 128 cm³/mol. The van der Waals surface area contributed by atoms with E-state index in [4.69, 9.17) is 9.47 Å². The Morgan fingerprint density at radius 1 is 1.15 bits per heavy atom. The van der Waals surface area contributed by atoms with Gasteiger partial charge in [0.1, 0.15) is 12.7 Å². The number of hydrogen-bond donors (Lipinski definition) is 0. The Hall–Kier alpha value is -3.02. The van der Waals surface area contributed by atoms with E-state index in [-0.39, 0.29) is 24.7 Å². The van der Waals surface area contributed by atoms with Gasteiger partial charge in [-0.15, -0.1) is 6.58 Å². The fraction of sp³-hybridized carbons (Fsp3) is 0.357. The Kier molecular flexibility index (Phi) is 6.51. The number of nitrogens with zero attached hydrogens (tertiary/aromatic N) is 2. The Bertz CT molecular complexity index is 1110. The molecule has 4 heterocycles. The molecule has 6 rings (SSSR count). The molecule has 0 N–H and O–H groups in total. The number of piperidine rings is 3. The van der Waals surface area contributed by atoms with Crippen molar-refractivity contribution in [1.29, 1.82) is 0 Å². The maximum Gasteiger partial charge on any atom is 0.332 e. The number of carbonyl (C=O) groups excluding carboxylic acids is 1. The third kappa shape index (κ3) is 4.70. The van der Waals surface area contributed by atoms with Crippen LogP contribution in [-0.4, -0.2) is 41.6 Å². The third-order valence-corrected chi connectivity index (χ3v) is 7.08. The first kappa shape index (κ1) is 21.8. The van der Waals surface area contributed by atoms with Crippen molar-refractivity contribution in [2.45, 2.75) is 31.6 Å². The van der Waals surface area contributed by atoms with Crippen LogP contribution in [0.1, 0.15) is 30.1 Å². The summed E-state index contributed by atoms with van der Waals surface area (Å²) < 4.78 is 11.9. The van der Waals surface area contributed by atoms with Gasteiger partial charge in [0.15, 0.2) is 0 Å². The molecule has 5 heteroatoms. The minimum atomic E-state index is -0.362. The zero-order valence-electron chi connectivity index (χ0n) is 18.8. The standard InChI is InChI=1S/C28H30N2O3/c1-2-21-17-30-15-13-22(21)16-26(30)28(24-12-14-29-25-11-7-6-10-23(24)25)33-27(31)19-32-18-20-8-4-3-5-9-20/h2-12,14,21-22,26,28H,1,13,15-19H2/t21-,22-,26+,28-/m0/s1. The third-order valence-electron chi connectivity index (χ3n) is 7.08. The minimum Gasteiger partial charge on any atom is -0.454 e. The highest BCUT2D eigenvalue weighted by Gasteiger charge is 2.44. The number of benzene rings is 2.